The van der Waals surface area contributed by atoms with Gasteiger partial charge >= 0.3 is 0 Å². The number of benzene rings is 2. The third-order valence-corrected chi connectivity index (χ3v) is 3.23. The molecule has 0 atom stereocenters. The molecule has 2 N–H and O–H groups in total. The third-order valence-electron chi connectivity index (χ3n) is 2.98. The molecule has 2 aromatic carbocycles. The lowest BCUT2D eigenvalue weighted by Crippen LogP contribution is -1.89. The monoisotopic (exact) mass is 288 g/mol. The molecule has 3 aromatic rings. The molecule has 0 radical (unpaired) electrons. The van der Waals surface area contributed by atoms with E-state index in [9.17, 15) is 4.39 Å². The van der Waals surface area contributed by atoms with Gasteiger partial charge in [0.2, 0.25) is 5.88 Å². The molecule has 5 heteroatoms. The van der Waals surface area contributed by atoms with Gasteiger partial charge in [-0.05, 0) is 29.8 Å². The third kappa shape index (κ3) is 2.14. The van der Waals surface area contributed by atoms with Crippen molar-refractivity contribution in [2.24, 2.45) is 0 Å². The minimum Gasteiger partial charge on any atom is -0.367 e. The number of rotatable bonds is 2. The largest absolute Gasteiger partial charge is 0.367 e. The summed E-state index contributed by atoms with van der Waals surface area (Å²) < 4.78 is 18.9. The standard InChI is InChI=1S/C15H10ClFN2O/c16-10-7-5-9(6-8-10)13-14(19-20-15(13)18)11-3-1-2-4-12(11)17/h1-8H,18H2. The fraction of sp³-hybridized carbons (Fsp3) is 0. The lowest BCUT2D eigenvalue weighted by Gasteiger charge is -2.04. The molecule has 3 nitrogen and oxygen atoms in total. The van der Waals surface area contributed by atoms with Gasteiger partial charge in [0, 0.05) is 10.6 Å². The SMILES string of the molecule is Nc1onc(-c2ccccc2F)c1-c1ccc(Cl)cc1. The van der Waals surface area contributed by atoms with Crippen molar-refractivity contribution < 1.29 is 8.91 Å². The Balaban J connectivity index is 2.20. The Hall–Kier alpha value is -2.33. The minimum absolute atomic E-state index is 0.144. The molecular weight excluding hydrogens is 279 g/mol. The number of halogens is 2. The highest BCUT2D eigenvalue weighted by atomic mass is 35.5. The highest BCUT2D eigenvalue weighted by Crippen LogP contribution is 2.37. The van der Waals surface area contributed by atoms with E-state index in [1.54, 1.807) is 42.5 Å². The molecule has 0 amide bonds. The predicted octanol–water partition coefficient (Wildman–Crippen LogP) is 4.38. The average Bonchev–Trinajstić information content (AvgIpc) is 2.82. The molecule has 1 aromatic heterocycles. The number of anilines is 1. The quantitative estimate of drug-likeness (QED) is 0.761. The Labute approximate surface area is 119 Å². The van der Waals surface area contributed by atoms with Crippen LogP contribution in [0.4, 0.5) is 10.3 Å². The van der Waals surface area contributed by atoms with Gasteiger partial charge in [-0.1, -0.05) is 41.0 Å². The average molecular weight is 289 g/mol. The zero-order valence-electron chi connectivity index (χ0n) is 10.3. The molecule has 0 aliphatic carbocycles. The van der Waals surface area contributed by atoms with E-state index in [1.165, 1.54) is 6.07 Å². The number of nitrogens with two attached hydrogens (primary N) is 1. The molecular formula is C15H10ClFN2O. The van der Waals surface area contributed by atoms with Crippen LogP contribution in [0.1, 0.15) is 0 Å². The van der Waals surface area contributed by atoms with Gasteiger partial charge < -0.3 is 10.3 Å². The Kier molecular flexibility index (Phi) is 3.16. The lowest BCUT2D eigenvalue weighted by atomic mass is 10.0. The molecule has 0 aliphatic rings. The van der Waals surface area contributed by atoms with E-state index in [0.717, 1.165) is 5.56 Å². The number of hydrogen-bond donors (Lipinski definition) is 1. The molecule has 0 saturated carbocycles. The van der Waals surface area contributed by atoms with E-state index in [4.69, 9.17) is 21.9 Å². The molecule has 0 bridgehead atoms. The summed E-state index contributed by atoms with van der Waals surface area (Å²) in [4.78, 5) is 0. The van der Waals surface area contributed by atoms with E-state index < -0.39 is 0 Å². The van der Waals surface area contributed by atoms with E-state index in [1.807, 2.05) is 0 Å². The summed E-state index contributed by atoms with van der Waals surface area (Å²) in [6, 6.07) is 13.4. The summed E-state index contributed by atoms with van der Waals surface area (Å²) in [6.45, 7) is 0. The molecule has 3 rings (SSSR count). The fourth-order valence-electron chi connectivity index (χ4n) is 2.04. The topological polar surface area (TPSA) is 52.0 Å². The predicted molar refractivity (Wildman–Crippen MR) is 76.8 cm³/mol. The second kappa shape index (κ2) is 4.98. The van der Waals surface area contributed by atoms with Gasteiger partial charge in [-0.3, -0.25) is 0 Å². The van der Waals surface area contributed by atoms with Gasteiger partial charge in [0.15, 0.2) is 0 Å². The van der Waals surface area contributed by atoms with Crippen molar-refractivity contribution in [2.45, 2.75) is 0 Å². The van der Waals surface area contributed by atoms with Crippen LogP contribution < -0.4 is 5.73 Å². The Bertz CT molecular complexity index is 753. The molecule has 0 unspecified atom stereocenters. The van der Waals surface area contributed by atoms with Crippen LogP contribution >= 0.6 is 11.6 Å². The first-order valence-electron chi connectivity index (χ1n) is 5.93. The van der Waals surface area contributed by atoms with E-state index in [-0.39, 0.29) is 11.7 Å². The van der Waals surface area contributed by atoms with Crippen molar-refractivity contribution in [1.82, 2.24) is 5.16 Å². The highest BCUT2D eigenvalue weighted by Gasteiger charge is 2.19. The summed E-state index contributed by atoms with van der Waals surface area (Å²) in [5.41, 5.74) is 7.87. The number of nitrogens with zero attached hydrogens (tertiary/aromatic N) is 1. The number of nitrogen functional groups attached to an aromatic ring is 1. The van der Waals surface area contributed by atoms with Crippen LogP contribution in [0.5, 0.6) is 0 Å². The Morgan fingerprint density at radius 3 is 2.45 bits per heavy atom. The van der Waals surface area contributed by atoms with Gasteiger partial charge in [-0.15, -0.1) is 0 Å². The van der Waals surface area contributed by atoms with Gasteiger partial charge in [0.25, 0.3) is 0 Å². The zero-order valence-corrected chi connectivity index (χ0v) is 11.1. The maximum Gasteiger partial charge on any atom is 0.230 e. The van der Waals surface area contributed by atoms with Crippen molar-refractivity contribution >= 4 is 17.5 Å². The van der Waals surface area contributed by atoms with Crippen LogP contribution in [0.15, 0.2) is 53.1 Å². The van der Waals surface area contributed by atoms with Crippen LogP contribution in [0.3, 0.4) is 0 Å². The van der Waals surface area contributed by atoms with Crippen molar-refractivity contribution in [2.75, 3.05) is 5.73 Å². The highest BCUT2D eigenvalue weighted by molar-refractivity contribution is 6.30. The summed E-state index contributed by atoms with van der Waals surface area (Å²) >= 11 is 5.86. The van der Waals surface area contributed by atoms with Gasteiger partial charge in [-0.2, -0.15) is 0 Å². The maximum absolute atomic E-state index is 13.9. The van der Waals surface area contributed by atoms with Gasteiger partial charge in [-0.25, -0.2) is 4.39 Å². The molecule has 1 heterocycles. The molecule has 0 aliphatic heterocycles. The summed E-state index contributed by atoms with van der Waals surface area (Å²) in [5.74, 6) is -0.235. The normalized spacial score (nSPS) is 10.7. The van der Waals surface area contributed by atoms with Crippen LogP contribution in [0.2, 0.25) is 5.02 Å². The van der Waals surface area contributed by atoms with E-state index in [0.29, 0.717) is 21.8 Å². The first-order chi connectivity index (χ1) is 9.66. The summed E-state index contributed by atoms with van der Waals surface area (Å²) in [6.07, 6.45) is 0. The molecule has 20 heavy (non-hydrogen) atoms. The summed E-state index contributed by atoms with van der Waals surface area (Å²) in [7, 11) is 0. The lowest BCUT2D eigenvalue weighted by molar-refractivity contribution is 0.439. The Morgan fingerprint density at radius 2 is 1.75 bits per heavy atom. The first kappa shape index (κ1) is 12.7. The summed E-state index contributed by atoms with van der Waals surface area (Å²) in [5, 5.41) is 4.48. The first-order valence-corrected chi connectivity index (χ1v) is 6.30. The van der Waals surface area contributed by atoms with Gasteiger partial charge in [0.1, 0.15) is 11.5 Å². The Morgan fingerprint density at radius 1 is 1.05 bits per heavy atom. The van der Waals surface area contributed by atoms with Crippen molar-refractivity contribution in [1.29, 1.82) is 0 Å². The van der Waals surface area contributed by atoms with Crippen molar-refractivity contribution in [3.63, 3.8) is 0 Å². The van der Waals surface area contributed by atoms with Crippen LogP contribution in [-0.2, 0) is 0 Å². The molecule has 0 saturated heterocycles. The number of aromatic nitrogens is 1. The van der Waals surface area contributed by atoms with Crippen LogP contribution in [0, 0.1) is 5.82 Å². The van der Waals surface area contributed by atoms with Crippen molar-refractivity contribution in [3.8, 4) is 22.4 Å². The number of hydrogen-bond acceptors (Lipinski definition) is 3. The second-order valence-electron chi connectivity index (χ2n) is 4.26. The molecule has 0 fully saturated rings. The molecule has 0 spiro atoms. The fourth-order valence-corrected chi connectivity index (χ4v) is 2.16. The smallest absolute Gasteiger partial charge is 0.230 e. The van der Waals surface area contributed by atoms with E-state index >= 15 is 0 Å². The van der Waals surface area contributed by atoms with Crippen LogP contribution in [0.25, 0.3) is 22.4 Å². The van der Waals surface area contributed by atoms with Crippen molar-refractivity contribution in [3.05, 3.63) is 59.4 Å². The molecule has 100 valence electrons. The van der Waals surface area contributed by atoms with Crippen LogP contribution in [-0.4, -0.2) is 5.16 Å². The minimum atomic E-state index is -0.379. The van der Waals surface area contributed by atoms with E-state index in [2.05, 4.69) is 5.16 Å². The maximum atomic E-state index is 13.9. The second-order valence-corrected chi connectivity index (χ2v) is 4.69. The van der Waals surface area contributed by atoms with Gasteiger partial charge in [0.05, 0.1) is 5.56 Å². The zero-order chi connectivity index (χ0) is 14.1.